The summed E-state index contributed by atoms with van der Waals surface area (Å²) in [7, 11) is 0. The third-order valence-electron chi connectivity index (χ3n) is 4.31. The molecule has 0 unspecified atom stereocenters. The van der Waals surface area contributed by atoms with E-state index in [0.717, 1.165) is 43.8 Å². The lowest BCUT2D eigenvalue weighted by molar-refractivity contribution is -0.194. The van der Waals surface area contributed by atoms with Crippen LogP contribution in [-0.4, -0.2) is 24.5 Å². The molecule has 0 aliphatic carbocycles. The zero-order valence-electron chi connectivity index (χ0n) is 13.8. The number of rotatable bonds is 8. The molecule has 2 aromatic carbocycles. The number of hydrogen-bond acceptors (Lipinski definition) is 3. The van der Waals surface area contributed by atoms with E-state index in [4.69, 9.17) is 9.78 Å². The van der Waals surface area contributed by atoms with Crippen LogP contribution in [0.3, 0.4) is 0 Å². The van der Waals surface area contributed by atoms with Gasteiger partial charge in [0.1, 0.15) is 6.61 Å². The second-order valence-corrected chi connectivity index (χ2v) is 6.11. The van der Waals surface area contributed by atoms with Crippen LogP contribution >= 0.6 is 0 Å². The lowest BCUT2D eigenvalue weighted by atomic mass is 10.1. The quantitative estimate of drug-likeness (QED) is 0.688. The Labute approximate surface area is 138 Å². The van der Waals surface area contributed by atoms with Gasteiger partial charge in [0.2, 0.25) is 0 Å². The Balaban J connectivity index is 1.52. The zero-order valence-corrected chi connectivity index (χ0v) is 13.8. The first-order chi connectivity index (χ1) is 11.3. The number of benzene rings is 2. The van der Waals surface area contributed by atoms with Crippen molar-refractivity contribution in [3.05, 3.63) is 65.2 Å². The average Bonchev–Trinajstić information content (AvgIpc) is 3.06. The first kappa shape index (κ1) is 16.0. The van der Waals surface area contributed by atoms with E-state index in [0.29, 0.717) is 6.61 Å². The van der Waals surface area contributed by atoms with Crippen LogP contribution < -0.4 is 4.89 Å². The van der Waals surface area contributed by atoms with Crippen molar-refractivity contribution in [1.29, 1.82) is 0 Å². The largest absolute Gasteiger partial charge is 0.337 e. The lowest BCUT2D eigenvalue weighted by Crippen LogP contribution is -2.29. The van der Waals surface area contributed by atoms with Crippen LogP contribution in [-0.2, 0) is 24.3 Å². The van der Waals surface area contributed by atoms with Gasteiger partial charge in [0.25, 0.3) is 0 Å². The van der Waals surface area contributed by atoms with Gasteiger partial charge >= 0.3 is 0 Å². The maximum absolute atomic E-state index is 5.19. The molecule has 1 heterocycles. The molecule has 3 heteroatoms. The Hall–Kier alpha value is -1.84. The Morgan fingerprint density at radius 1 is 0.913 bits per heavy atom. The maximum Gasteiger partial charge on any atom is 0.171 e. The van der Waals surface area contributed by atoms with Crippen LogP contribution in [0.5, 0.6) is 5.75 Å². The van der Waals surface area contributed by atoms with Crippen molar-refractivity contribution in [2.24, 2.45) is 0 Å². The van der Waals surface area contributed by atoms with E-state index >= 15 is 0 Å². The molecule has 2 aromatic rings. The Kier molecular flexibility index (Phi) is 5.67. The van der Waals surface area contributed by atoms with Gasteiger partial charge in [-0.15, -0.1) is 0 Å². The van der Waals surface area contributed by atoms with Gasteiger partial charge in [0.15, 0.2) is 5.75 Å². The molecule has 23 heavy (non-hydrogen) atoms. The number of nitrogens with zero attached hydrogens (tertiary/aromatic N) is 1. The molecule has 1 aliphatic rings. The highest BCUT2D eigenvalue weighted by Crippen LogP contribution is 2.27. The van der Waals surface area contributed by atoms with Crippen molar-refractivity contribution in [2.45, 2.75) is 32.8 Å². The Morgan fingerprint density at radius 3 is 2.48 bits per heavy atom. The van der Waals surface area contributed by atoms with Crippen molar-refractivity contribution in [1.82, 2.24) is 4.90 Å². The van der Waals surface area contributed by atoms with E-state index in [2.05, 4.69) is 60.4 Å². The summed E-state index contributed by atoms with van der Waals surface area (Å²) in [4.78, 5) is 12.7. The SMILES string of the molecule is CCCN(CCc1ccccc1)CCc1ccc2c(c1)OOC2. The van der Waals surface area contributed by atoms with E-state index in [1.165, 1.54) is 17.5 Å². The molecule has 0 fully saturated rings. The van der Waals surface area contributed by atoms with Gasteiger partial charge in [-0.3, -0.25) is 0 Å². The molecule has 0 amide bonds. The fourth-order valence-corrected chi connectivity index (χ4v) is 2.98. The van der Waals surface area contributed by atoms with Gasteiger partial charge in [0.05, 0.1) is 0 Å². The normalized spacial score (nSPS) is 13.1. The van der Waals surface area contributed by atoms with Gasteiger partial charge in [0, 0.05) is 18.7 Å². The predicted molar refractivity (Wildman–Crippen MR) is 92.4 cm³/mol. The minimum absolute atomic E-state index is 0.564. The van der Waals surface area contributed by atoms with Gasteiger partial charge in [-0.25, -0.2) is 0 Å². The van der Waals surface area contributed by atoms with Crippen molar-refractivity contribution in [3.8, 4) is 5.75 Å². The fraction of sp³-hybridized carbons (Fsp3) is 0.400. The molecule has 122 valence electrons. The highest BCUT2D eigenvalue weighted by Gasteiger charge is 2.14. The molecule has 3 nitrogen and oxygen atoms in total. The van der Waals surface area contributed by atoms with Crippen LogP contribution in [0.25, 0.3) is 0 Å². The summed E-state index contributed by atoms with van der Waals surface area (Å²) in [6, 6.07) is 17.2. The van der Waals surface area contributed by atoms with E-state index in [1.807, 2.05) is 0 Å². The van der Waals surface area contributed by atoms with Gasteiger partial charge in [-0.2, -0.15) is 4.89 Å². The van der Waals surface area contributed by atoms with Crippen molar-refractivity contribution >= 4 is 0 Å². The summed E-state index contributed by atoms with van der Waals surface area (Å²) < 4.78 is 0. The summed E-state index contributed by atoms with van der Waals surface area (Å²) in [6.45, 7) is 6.16. The fourth-order valence-electron chi connectivity index (χ4n) is 2.98. The highest BCUT2D eigenvalue weighted by atomic mass is 17.2. The average molecular weight is 311 g/mol. The molecule has 0 saturated carbocycles. The van der Waals surface area contributed by atoms with Crippen LogP contribution in [0.15, 0.2) is 48.5 Å². The molecule has 0 N–H and O–H groups in total. The Bertz CT molecular complexity index is 612. The molecule has 1 aliphatic heterocycles. The molecule has 0 aromatic heterocycles. The Morgan fingerprint density at radius 2 is 1.70 bits per heavy atom. The lowest BCUT2D eigenvalue weighted by Gasteiger charge is -2.21. The van der Waals surface area contributed by atoms with Crippen LogP contribution in [0.2, 0.25) is 0 Å². The van der Waals surface area contributed by atoms with Crippen molar-refractivity contribution < 1.29 is 9.78 Å². The summed E-state index contributed by atoms with van der Waals surface area (Å²) >= 11 is 0. The third kappa shape index (κ3) is 4.57. The third-order valence-corrected chi connectivity index (χ3v) is 4.31. The molecule has 0 saturated heterocycles. The van der Waals surface area contributed by atoms with Gasteiger partial charge in [-0.1, -0.05) is 49.4 Å². The maximum atomic E-state index is 5.19. The van der Waals surface area contributed by atoms with Crippen LogP contribution in [0, 0.1) is 0 Å². The summed E-state index contributed by atoms with van der Waals surface area (Å²) in [5, 5.41) is 0. The zero-order chi connectivity index (χ0) is 15.9. The summed E-state index contributed by atoms with van der Waals surface area (Å²) in [5.41, 5.74) is 3.87. The molecule has 0 spiro atoms. The van der Waals surface area contributed by atoms with Crippen LogP contribution in [0.4, 0.5) is 0 Å². The highest BCUT2D eigenvalue weighted by molar-refractivity contribution is 5.38. The first-order valence-electron chi connectivity index (χ1n) is 8.52. The molecule has 0 bridgehead atoms. The standard InChI is InChI=1S/C20H25NO2/c1-2-12-21(13-10-17-6-4-3-5-7-17)14-11-18-8-9-19-16-22-23-20(19)15-18/h3-9,15H,2,10-14,16H2,1H3. The summed E-state index contributed by atoms with van der Waals surface area (Å²) in [6.07, 6.45) is 3.35. The second-order valence-electron chi connectivity index (χ2n) is 6.11. The van der Waals surface area contributed by atoms with Gasteiger partial charge < -0.3 is 9.79 Å². The van der Waals surface area contributed by atoms with Crippen molar-refractivity contribution in [3.63, 3.8) is 0 Å². The predicted octanol–water partition coefficient (Wildman–Crippen LogP) is 4.01. The minimum Gasteiger partial charge on any atom is -0.337 e. The number of fused-ring (bicyclic) bond motifs is 1. The van der Waals surface area contributed by atoms with Crippen molar-refractivity contribution in [2.75, 3.05) is 19.6 Å². The molecule has 0 radical (unpaired) electrons. The first-order valence-corrected chi connectivity index (χ1v) is 8.52. The second kappa shape index (κ2) is 8.14. The molecular formula is C20H25NO2. The minimum atomic E-state index is 0.564. The summed E-state index contributed by atoms with van der Waals surface area (Å²) in [5.74, 6) is 0.883. The van der Waals surface area contributed by atoms with E-state index in [9.17, 15) is 0 Å². The smallest absolute Gasteiger partial charge is 0.171 e. The van der Waals surface area contributed by atoms with E-state index in [-0.39, 0.29) is 0 Å². The van der Waals surface area contributed by atoms with Gasteiger partial charge in [-0.05, 0) is 43.0 Å². The monoisotopic (exact) mass is 311 g/mol. The molecular weight excluding hydrogens is 286 g/mol. The van der Waals surface area contributed by atoms with E-state index < -0.39 is 0 Å². The molecule has 3 rings (SSSR count). The van der Waals surface area contributed by atoms with Crippen LogP contribution in [0.1, 0.15) is 30.0 Å². The topological polar surface area (TPSA) is 21.7 Å². The molecule has 0 atom stereocenters. The van der Waals surface area contributed by atoms with E-state index in [1.54, 1.807) is 0 Å². The number of hydrogen-bond donors (Lipinski definition) is 0.